The van der Waals surface area contributed by atoms with Gasteiger partial charge in [-0.3, -0.25) is 9.69 Å². The van der Waals surface area contributed by atoms with E-state index in [1.165, 1.54) is 10.6 Å². The number of imide groups is 1. The normalized spacial score (nSPS) is 28.7. The second-order valence-electron chi connectivity index (χ2n) is 8.23. The van der Waals surface area contributed by atoms with Gasteiger partial charge in [0.25, 0.3) is 5.91 Å². The van der Waals surface area contributed by atoms with Crippen LogP contribution in [0.4, 0.5) is 10.5 Å². The fraction of sp³-hybridized carbons (Fsp3) is 0.619. The third kappa shape index (κ3) is 3.32. The van der Waals surface area contributed by atoms with E-state index < -0.39 is 5.54 Å². The number of rotatable bonds is 4. The van der Waals surface area contributed by atoms with Gasteiger partial charge >= 0.3 is 6.03 Å². The van der Waals surface area contributed by atoms with Gasteiger partial charge in [0, 0.05) is 31.9 Å². The molecule has 1 saturated carbocycles. The maximum atomic E-state index is 13.1. The number of benzene rings is 1. The molecule has 4 rings (SSSR count). The van der Waals surface area contributed by atoms with Gasteiger partial charge in [-0.15, -0.1) is 0 Å². The number of hydrogen-bond donors (Lipinski definition) is 1. The number of hydrogen-bond acceptors (Lipinski definition) is 5. The quantitative estimate of drug-likeness (QED) is 0.805. The summed E-state index contributed by atoms with van der Waals surface area (Å²) in [4.78, 5) is 31.6. The van der Waals surface area contributed by atoms with Crippen molar-refractivity contribution in [1.82, 2.24) is 15.1 Å². The third-order valence-corrected chi connectivity index (χ3v) is 6.65. The van der Waals surface area contributed by atoms with Crippen LogP contribution in [0.15, 0.2) is 24.3 Å². The lowest BCUT2D eigenvalue weighted by molar-refractivity contribution is -0.135. The van der Waals surface area contributed by atoms with Crippen molar-refractivity contribution in [3.8, 4) is 5.75 Å². The monoisotopic (exact) mass is 386 g/mol. The topological polar surface area (TPSA) is 65.1 Å². The number of nitrogens with one attached hydrogen (secondary N) is 1. The Bertz CT molecular complexity index is 730. The van der Waals surface area contributed by atoms with Crippen molar-refractivity contribution in [2.24, 2.45) is 5.92 Å². The standard InChI is InChI=1S/C21H30N4O3/c1-16-5-3-4-10-21(16)19(26)25(20(27)22-21)15-23-11-13-24(14-12-23)17-6-8-18(28-2)9-7-17/h6-9,16H,3-5,10-15H2,1-2H3,(H,22,27). The van der Waals surface area contributed by atoms with E-state index in [9.17, 15) is 9.59 Å². The number of nitrogens with zero attached hydrogens (tertiary/aromatic N) is 3. The van der Waals surface area contributed by atoms with Gasteiger partial charge in [-0.25, -0.2) is 9.69 Å². The highest BCUT2D eigenvalue weighted by Gasteiger charge is 2.55. The zero-order valence-corrected chi connectivity index (χ0v) is 16.8. The molecular weight excluding hydrogens is 356 g/mol. The van der Waals surface area contributed by atoms with E-state index in [2.05, 4.69) is 34.2 Å². The van der Waals surface area contributed by atoms with Gasteiger partial charge in [0.05, 0.1) is 13.8 Å². The Kier molecular flexibility index (Phi) is 5.19. The van der Waals surface area contributed by atoms with Crippen LogP contribution < -0.4 is 15.0 Å². The van der Waals surface area contributed by atoms with Crippen LogP contribution in [0.25, 0.3) is 0 Å². The number of amides is 3. The Labute approximate surface area is 166 Å². The largest absolute Gasteiger partial charge is 0.497 e. The first kappa shape index (κ1) is 19.1. The number of carbonyl (C=O) groups excluding carboxylic acids is 2. The van der Waals surface area contributed by atoms with E-state index in [-0.39, 0.29) is 17.9 Å². The maximum Gasteiger partial charge on any atom is 0.326 e. The lowest BCUT2D eigenvalue weighted by Gasteiger charge is -2.38. The zero-order valence-electron chi connectivity index (χ0n) is 16.8. The lowest BCUT2D eigenvalue weighted by Crippen LogP contribution is -2.55. The number of piperazine rings is 1. The van der Waals surface area contributed by atoms with Crippen LogP contribution in [0.5, 0.6) is 5.75 Å². The van der Waals surface area contributed by atoms with E-state index in [1.807, 2.05) is 12.1 Å². The Hall–Kier alpha value is -2.28. The average molecular weight is 386 g/mol. The minimum absolute atomic E-state index is 0.0257. The molecule has 3 fully saturated rings. The predicted molar refractivity (Wildman–Crippen MR) is 107 cm³/mol. The average Bonchev–Trinajstić information content (AvgIpc) is 2.96. The first-order chi connectivity index (χ1) is 13.5. The third-order valence-electron chi connectivity index (χ3n) is 6.65. The molecule has 2 unspecified atom stereocenters. The highest BCUT2D eigenvalue weighted by molar-refractivity contribution is 6.07. The summed E-state index contributed by atoms with van der Waals surface area (Å²) >= 11 is 0. The van der Waals surface area contributed by atoms with Crippen molar-refractivity contribution in [1.29, 1.82) is 0 Å². The summed E-state index contributed by atoms with van der Waals surface area (Å²) in [7, 11) is 1.67. The number of carbonyl (C=O) groups is 2. The molecule has 2 saturated heterocycles. The van der Waals surface area contributed by atoms with Crippen LogP contribution in [0.3, 0.4) is 0 Å². The molecule has 0 radical (unpaired) electrons. The molecule has 3 amide bonds. The Morgan fingerprint density at radius 1 is 1.11 bits per heavy atom. The Morgan fingerprint density at radius 3 is 2.46 bits per heavy atom. The van der Waals surface area contributed by atoms with Gasteiger partial charge < -0.3 is 15.0 Å². The molecule has 7 nitrogen and oxygen atoms in total. The van der Waals surface area contributed by atoms with Crippen molar-refractivity contribution >= 4 is 17.6 Å². The van der Waals surface area contributed by atoms with Gasteiger partial charge in [-0.1, -0.05) is 19.8 Å². The van der Waals surface area contributed by atoms with Crippen molar-refractivity contribution in [2.75, 3.05) is 44.9 Å². The van der Waals surface area contributed by atoms with Crippen LogP contribution in [0.1, 0.15) is 32.6 Å². The summed E-state index contributed by atoms with van der Waals surface area (Å²) in [6.07, 6.45) is 3.91. The van der Waals surface area contributed by atoms with Gasteiger partial charge in [0.15, 0.2) is 0 Å². The molecule has 2 aliphatic heterocycles. The van der Waals surface area contributed by atoms with Crippen LogP contribution in [0, 0.1) is 5.92 Å². The summed E-state index contributed by atoms with van der Waals surface area (Å²) in [5.41, 5.74) is 0.505. The van der Waals surface area contributed by atoms with E-state index in [0.29, 0.717) is 6.67 Å². The Balaban J connectivity index is 1.35. The maximum absolute atomic E-state index is 13.1. The van der Waals surface area contributed by atoms with Gasteiger partial charge in [-0.05, 0) is 43.0 Å². The molecular formula is C21H30N4O3. The Morgan fingerprint density at radius 2 is 1.82 bits per heavy atom. The SMILES string of the molecule is COc1ccc(N2CCN(CN3C(=O)NC4(CCCCC4C)C3=O)CC2)cc1. The molecule has 0 aromatic heterocycles. The molecule has 152 valence electrons. The number of anilines is 1. The minimum Gasteiger partial charge on any atom is -0.497 e. The second-order valence-corrected chi connectivity index (χ2v) is 8.23. The number of methoxy groups -OCH3 is 1. The number of urea groups is 1. The zero-order chi connectivity index (χ0) is 19.7. The molecule has 1 aromatic rings. The lowest BCUT2D eigenvalue weighted by atomic mass is 9.73. The molecule has 2 heterocycles. The molecule has 7 heteroatoms. The van der Waals surface area contributed by atoms with E-state index in [4.69, 9.17) is 4.74 Å². The predicted octanol–water partition coefficient (Wildman–Crippen LogP) is 2.28. The molecule has 2 atom stereocenters. The summed E-state index contributed by atoms with van der Waals surface area (Å²) in [5, 5.41) is 3.04. The first-order valence-electron chi connectivity index (χ1n) is 10.3. The van der Waals surface area contributed by atoms with Gasteiger partial charge in [-0.2, -0.15) is 0 Å². The van der Waals surface area contributed by atoms with E-state index in [0.717, 1.165) is 57.6 Å². The molecule has 1 N–H and O–H groups in total. The van der Waals surface area contributed by atoms with Crippen molar-refractivity contribution in [3.05, 3.63) is 24.3 Å². The molecule has 1 aliphatic carbocycles. The first-order valence-corrected chi connectivity index (χ1v) is 10.3. The molecule has 0 bridgehead atoms. The van der Waals surface area contributed by atoms with Crippen molar-refractivity contribution in [2.45, 2.75) is 38.1 Å². The fourth-order valence-electron chi connectivity index (χ4n) is 4.76. The van der Waals surface area contributed by atoms with Gasteiger partial charge in [0.2, 0.25) is 0 Å². The van der Waals surface area contributed by atoms with Crippen LogP contribution in [-0.2, 0) is 4.79 Å². The van der Waals surface area contributed by atoms with E-state index >= 15 is 0 Å². The molecule has 28 heavy (non-hydrogen) atoms. The highest BCUT2D eigenvalue weighted by Crippen LogP contribution is 2.38. The van der Waals surface area contributed by atoms with Crippen molar-refractivity contribution < 1.29 is 14.3 Å². The summed E-state index contributed by atoms with van der Waals surface area (Å²) in [5.74, 6) is 1.03. The summed E-state index contributed by atoms with van der Waals surface area (Å²) < 4.78 is 5.22. The molecule has 3 aliphatic rings. The van der Waals surface area contributed by atoms with Crippen molar-refractivity contribution in [3.63, 3.8) is 0 Å². The van der Waals surface area contributed by atoms with Crippen LogP contribution >= 0.6 is 0 Å². The fourth-order valence-corrected chi connectivity index (χ4v) is 4.76. The summed E-state index contributed by atoms with van der Waals surface area (Å²) in [6.45, 7) is 5.87. The van der Waals surface area contributed by atoms with E-state index in [1.54, 1.807) is 7.11 Å². The smallest absolute Gasteiger partial charge is 0.326 e. The second kappa shape index (κ2) is 7.62. The minimum atomic E-state index is -0.666. The van der Waals surface area contributed by atoms with Gasteiger partial charge in [0.1, 0.15) is 11.3 Å². The molecule has 1 spiro atoms. The number of ether oxygens (including phenoxy) is 1. The van der Waals surface area contributed by atoms with Crippen LogP contribution in [-0.4, -0.2) is 67.2 Å². The highest BCUT2D eigenvalue weighted by atomic mass is 16.5. The van der Waals surface area contributed by atoms with Crippen LogP contribution in [0.2, 0.25) is 0 Å². The molecule has 1 aromatic carbocycles. The summed E-state index contributed by atoms with van der Waals surface area (Å²) in [6, 6.07) is 7.86.